The van der Waals surface area contributed by atoms with Crippen LogP contribution in [0.25, 0.3) is 0 Å². The molecule has 0 radical (unpaired) electrons. The zero-order valence-electron chi connectivity index (χ0n) is 7.26. The van der Waals surface area contributed by atoms with Gasteiger partial charge in [0.25, 0.3) is 0 Å². The Kier molecular flexibility index (Phi) is 7.26. The van der Waals surface area contributed by atoms with Crippen molar-refractivity contribution in [2.75, 3.05) is 5.75 Å². The Morgan fingerprint density at radius 1 is 1.30 bits per heavy atom. The first-order valence-corrected chi connectivity index (χ1v) is 5.08. The number of unbranched alkanes of at least 4 members (excludes halogenated alkanes) is 1. The lowest BCUT2D eigenvalue weighted by Gasteiger charge is -1.98. The van der Waals surface area contributed by atoms with E-state index >= 15 is 0 Å². The lowest BCUT2D eigenvalue weighted by Crippen LogP contribution is -1.86. The molecular weight excluding hydrogens is 140 g/mol. The van der Waals surface area contributed by atoms with Crippen LogP contribution in [0.15, 0.2) is 12.2 Å². The number of rotatable bonds is 5. The van der Waals surface area contributed by atoms with Crippen LogP contribution in [0.4, 0.5) is 0 Å². The van der Waals surface area contributed by atoms with Crippen molar-refractivity contribution in [2.24, 2.45) is 0 Å². The Hall–Kier alpha value is 0.0900. The van der Waals surface area contributed by atoms with Gasteiger partial charge in [0.1, 0.15) is 0 Å². The van der Waals surface area contributed by atoms with Crippen LogP contribution in [0.2, 0.25) is 0 Å². The average molecular weight is 158 g/mol. The first-order valence-electron chi connectivity index (χ1n) is 4.04. The number of allylic oxidation sites excluding steroid dienone is 1. The zero-order valence-corrected chi connectivity index (χ0v) is 8.08. The van der Waals surface area contributed by atoms with Crippen molar-refractivity contribution in [3.05, 3.63) is 12.2 Å². The van der Waals surface area contributed by atoms with E-state index in [1.165, 1.54) is 18.6 Å². The summed E-state index contributed by atoms with van der Waals surface area (Å²) in [7, 11) is 0. The van der Waals surface area contributed by atoms with Crippen molar-refractivity contribution >= 4 is 11.8 Å². The number of hydrogen-bond acceptors (Lipinski definition) is 1. The second-order valence-corrected chi connectivity index (χ2v) is 4.25. The van der Waals surface area contributed by atoms with E-state index in [9.17, 15) is 0 Å². The molecule has 0 nitrogen and oxygen atoms in total. The topological polar surface area (TPSA) is 0 Å². The van der Waals surface area contributed by atoms with Gasteiger partial charge < -0.3 is 0 Å². The van der Waals surface area contributed by atoms with Crippen LogP contribution in [-0.2, 0) is 0 Å². The van der Waals surface area contributed by atoms with Gasteiger partial charge in [0.2, 0.25) is 0 Å². The van der Waals surface area contributed by atoms with Crippen molar-refractivity contribution in [3.8, 4) is 0 Å². The summed E-state index contributed by atoms with van der Waals surface area (Å²) in [5.74, 6) is 1.18. The van der Waals surface area contributed by atoms with E-state index in [1.807, 2.05) is 11.8 Å². The van der Waals surface area contributed by atoms with Gasteiger partial charge >= 0.3 is 0 Å². The van der Waals surface area contributed by atoms with Gasteiger partial charge in [-0.15, -0.1) is 0 Å². The zero-order chi connectivity index (χ0) is 7.82. The lowest BCUT2D eigenvalue weighted by molar-refractivity contribution is 0.957. The fraction of sp³-hybridized carbons (Fsp3) is 0.778. The Labute approximate surface area is 69.1 Å². The molecule has 0 atom stereocenters. The van der Waals surface area contributed by atoms with E-state index in [-0.39, 0.29) is 0 Å². The summed E-state index contributed by atoms with van der Waals surface area (Å²) in [5, 5.41) is 0.770. The van der Waals surface area contributed by atoms with Crippen molar-refractivity contribution in [1.29, 1.82) is 0 Å². The van der Waals surface area contributed by atoms with Gasteiger partial charge in [-0.2, -0.15) is 11.8 Å². The summed E-state index contributed by atoms with van der Waals surface area (Å²) < 4.78 is 0. The normalized spacial score (nSPS) is 11.6. The van der Waals surface area contributed by atoms with Crippen LogP contribution < -0.4 is 0 Å². The molecule has 0 aliphatic rings. The minimum atomic E-state index is 0.770. The molecule has 0 unspecified atom stereocenters. The van der Waals surface area contributed by atoms with Crippen LogP contribution in [0, 0.1) is 0 Å². The molecule has 0 aromatic carbocycles. The van der Waals surface area contributed by atoms with Gasteiger partial charge in [-0.1, -0.05) is 39.3 Å². The third kappa shape index (κ3) is 8.09. The minimum absolute atomic E-state index is 0.770. The molecule has 60 valence electrons. The van der Waals surface area contributed by atoms with Crippen LogP contribution in [-0.4, -0.2) is 11.0 Å². The van der Waals surface area contributed by atoms with E-state index in [2.05, 4.69) is 32.9 Å². The molecule has 10 heavy (non-hydrogen) atoms. The molecule has 0 N–H and O–H groups in total. The van der Waals surface area contributed by atoms with E-state index in [0.29, 0.717) is 0 Å². The molecule has 0 aliphatic heterocycles. The van der Waals surface area contributed by atoms with Crippen molar-refractivity contribution in [1.82, 2.24) is 0 Å². The molecule has 0 heterocycles. The maximum atomic E-state index is 2.27. The number of thioether (sulfide) groups is 1. The van der Waals surface area contributed by atoms with Crippen LogP contribution in [0.5, 0.6) is 0 Å². The van der Waals surface area contributed by atoms with Crippen molar-refractivity contribution < 1.29 is 0 Å². The fourth-order valence-electron chi connectivity index (χ4n) is 0.601. The largest absolute Gasteiger partial charge is 0.155 e. The van der Waals surface area contributed by atoms with Gasteiger partial charge in [-0.25, -0.2) is 0 Å². The second kappa shape index (κ2) is 7.20. The highest BCUT2D eigenvalue weighted by atomic mass is 32.2. The highest BCUT2D eigenvalue weighted by molar-refractivity contribution is 7.99. The maximum Gasteiger partial charge on any atom is 0.0115 e. The average Bonchev–Trinajstić information content (AvgIpc) is 1.87. The summed E-state index contributed by atoms with van der Waals surface area (Å²) in [6, 6.07) is 0. The molecule has 0 aromatic heterocycles. The summed E-state index contributed by atoms with van der Waals surface area (Å²) in [6.45, 7) is 6.68. The highest BCUT2D eigenvalue weighted by Crippen LogP contribution is 2.08. The van der Waals surface area contributed by atoms with Crippen molar-refractivity contribution in [3.63, 3.8) is 0 Å². The van der Waals surface area contributed by atoms with E-state index in [4.69, 9.17) is 0 Å². The summed E-state index contributed by atoms with van der Waals surface area (Å²) in [4.78, 5) is 0. The van der Waals surface area contributed by atoms with Crippen LogP contribution >= 0.6 is 11.8 Å². The third-order valence-electron chi connectivity index (χ3n) is 1.15. The third-order valence-corrected chi connectivity index (χ3v) is 2.20. The molecule has 0 rings (SSSR count). The Morgan fingerprint density at radius 2 is 2.00 bits per heavy atom. The van der Waals surface area contributed by atoms with Gasteiger partial charge in [0.15, 0.2) is 0 Å². The molecule has 0 aliphatic carbocycles. The molecule has 0 saturated carbocycles. The standard InChI is InChI=1S/C9H18S/c1-4-5-6-7-8-10-9(2)3/h6-7,9H,4-5,8H2,1-3H3/b7-6+. The first-order chi connectivity index (χ1) is 4.77. The molecule has 0 bridgehead atoms. The van der Waals surface area contributed by atoms with E-state index in [1.54, 1.807) is 0 Å². The minimum Gasteiger partial charge on any atom is -0.155 e. The van der Waals surface area contributed by atoms with Crippen LogP contribution in [0.3, 0.4) is 0 Å². The smallest absolute Gasteiger partial charge is 0.0115 e. The quantitative estimate of drug-likeness (QED) is 0.552. The van der Waals surface area contributed by atoms with Crippen LogP contribution in [0.1, 0.15) is 33.6 Å². The Bertz CT molecular complexity index is 84.7. The molecule has 0 fully saturated rings. The first kappa shape index (κ1) is 10.1. The van der Waals surface area contributed by atoms with Crippen molar-refractivity contribution in [2.45, 2.75) is 38.9 Å². The predicted octanol–water partition coefficient (Wildman–Crippen LogP) is 3.48. The Balaban J connectivity index is 3.02. The SMILES string of the molecule is CCC/C=C/CSC(C)C. The fourth-order valence-corrected chi connectivity index (χ4v) is 1.23. The van der Waals surface area contributed by atoms with E-state index < -0.39 is 0 Å². The second-order valence-electron chi connectivity index (χ2n) is 2.64. The lowest BCUT2D eigenvalue weighted by atomic mass is 10.3. The Morgan fingerprint density at radius 3 is 2.50 bits per heavy atom. The molecule has 0 amide bonds. The van der Waals surface area contributed by atoms with Gasteiger partial charge in [0.05, 0.1) is 0 Å². The monoisotopic (exact) mass is 158 g/mol. The molecule has 1 heteroatoms. The summed E-state index contributed by atoms with van der Waals surface area (Å²) in [5.41, 5.74) is 0. The highest BCUT2D eigenvalue weighted by Gasteiger charge is 1.88. The predicted molar refractivity (Wildman–Crippen MR) is 51.6 cm³/mol. The number of hydrogen-bond donors (Lipinski definition) is 0. The molecular formula is C9H18S. The van der Waals surface area contributed by atoms with Gasteiger partial charge in [0, 0.05) is 5.75 Å². The van der Waals surface area contributed by atoms with E-state index in [0.717, 1.165) is 5.25 Å². The summed E-state index contributed by atoms with van der Waals surface area (Å²) in [6.07, 6.45) is 7.05. The summed E-state index contributed by atoms with van der Waals surface area (Å²) >= 11 is 1.99. The maximum absolute atomic E-state index is 2.27. The molecule has 0 spiro atoms. The molecule has 0 saturated heterocycles. The molecule has 0 aromatic rings. The van der Waals surface area contributed by atoms with Gasteiger partial charge in [-0.3, -0.25) is 0 Å². The van der Waals surface area contributed by atoms with Gasteiger partial charge in [-0.05, 0) is 11.7 Å².